The van der Waals surface area contributed by atoms with Gasteiger partial charge in [-0.2, -0.15) is 10.4 Å². The van der Waals surface area contributed by atoms with E-state index in [1.807, 2.05) is 63.4 Å². The highest BCUT2D eigenvalue weighted by Crippen LogP contribution is 2.38. The molecule has 1 amide bonds. The Morgan fingerprint density at radius 2 is 1.95 bits per heavy atom. The van der Waals surface area contributed by atoms with Gasteiger partial charge in [0.1, 0.15) is 23.2 Å². The Balaban J connectivity index is 1.77. The molecule has 0 saturated carbocycles. The van der Waals surface area contributed by atoms with E-state index >= 15 is 0 Å². The number of hydrogen-bond acceptors (Lipinski definition) is 9. The van der Waals surface area contributed by atoms with Crippen LogP contribution in [0.1, 0.15) is 5.56 Å². The maximum Gasteiger partial charge on any atom is 0.247 e. The predicted octanol–water partition coefficient (Wildman–Crippen LogP) is 3.78. The molecule has 0 unspecified atom stereocenters. The molecule has 39 heavy (non-hydrogen) atoms. The van der Waals surface area contributed by atoms with E-state index in [4.69, 9.17) is 4.74 Å². The summed E-state index contributed by atoms with van der Waals surface area (Å²) in [4.78, 5) is 25.4. The van der Waals surface area contributed by atoms with Crippen LogP contribution < -0.4 is 20.3 Å². The zero-order valence-corrected chi connectivity index (χ0v) is 22.7. The van der Waals surface area contributed by atoms with Gasteiger partial charge in [0.2, 0.25) is 11.9 Å². The van der Waals surface area contributed by atoms with Crippen molar-refractivity contribution in [3.05, 3.63) is 60.8 Å². The molecule has 2 aromatic heterocycles. The number of carbonyl (C=O) groups excluding carboxylic acids is 1. The van der Waals surface area contributed by atoms with Gasteiger partial charge in [-0.1, -0.05) is 24.8 Å². The summed E-state index contributed by atoms with van der Waals surface area (Å²) in [7, 11) is 9.36. The predicted molar refractivity (Wildman–Crippen MR) is 153 cm³/mol. The van der Waals surface area contributed by atoms with Crippen molar-refractivity contribution in [1.82, 2.24) is 24.6 Å². The Kier molecular flexibility index (Phi) is 8.07. The lowest BCUT2D eigenvalue weighted by Gasteiger charge is -2.26. The Labute approximate surface area is 227 Å². The first-order valence-corrected chi connectivity index (χ1v) is 12.2. The van der Waals surface area contributed by atoms with Crippen LogP contribution in [0.4, 0.5) is 23.0 Å². The summed E-state index contributed by atoms with van der Waals surface area (Å²) in [6, 6.07) is 13.5. The fourth-order valence-corrected chi connectivity index (χ4v) is 4.12. The Bertz CT molecular complexity index is 1570. The monoisotopic (exact) mass is 525 g/mol. The van der Waals surface area contributed by atoms with Gasteiger partial charge in [0.25, 0.3) is 0 Å². The van der Waals surface area contributed by atoms with Crippen LogP contribution in [0.2, 0.25) is 0 Å². The van der Waals surface area contributed by atoms with Gasteiger partial charge in [0, 0.05) is 38.6 Å². The number of hydrogen-bond donors (Lipinski definition) is 2. The number of benzene rings is 2. The maximum absolute atomic E-state index is 12.3. The number of rotatable bonds is 10. The summed E-state index contributed by atoms with van der Waals surface area (Å²) in [5, 5.41) is 21.3. The molecular formula is C28H31N9O2. The SMILES string of the molecule is C=CC(=O)Nc1cc(Nc2ncc(C#N)c(-c3nn(C)c4ccccc34)n2)c(OC)cc1N(C)CCN(C)C. The van der Waals surface area contributed by atoms with E-state index in [1.165, 1.54) is 12.3 Å². The molecule has 4 rings (SSSR count). The fraction of sp³-hybridized carbons (Fsp3) is 0.250. The van der Waals surface area contributed by atoms with Gasteiger partial charge in [0.15, 0.2) is 0 Å². The number of methoxy groups -OCH3 is 1. The first kappa shape index (κ1) is 27.1. The normalized spacial score (nSPS) is 10.8. The van der Waals surface area contributed by atoms with Gasteiger partial charge < -0.3 is 25.2 Å². The van der Waals surface area contributed by atoms with Crippen molar-refractivity contribution < 1.29 is 9.53 Å². The largest absolute Gasteiger partial charge is 0.494 e. The molecule has 0 fully saturated rings. The third kappa shape index (κ3) is 5.81. The van der Waals surface area contributed by atoms with E-state index in [9.17, 15) is 10.1 Å². The van der Waals surface area contributed by atoms with E-state index in [1.54, 1.807) is 17.9 Å². The van der Waals surface area contributed by atoms with Crippen molar-refractivity contribution in [2.45, 2.75) is 0 Å². The Morgan fingerprint density at radius 3 is 2.64 bits per heavy atom. The van der Waals surface area contributed by atoms with Crippen LogP contribution in [0.3, 0.4) is 0 Å². The molecule has 0 aliphatic heterocycles. The number of likely N-dealkylation sites (N-methyl/N-ethyl adjacent to an activating group) is 2. The maximum atomic E-state index is 12.3. The van der Waals surface area contributed by atoms with Gasteiger partial charge >= 0.3 is 0 Å². The molecule has 2 heterocycles. The summed E-state index contributed by atoms with van der Waals surface area (Å²) in [6.07, 6.45) is 2.68. The first-order valence-electron chi connectivity index (χ1n) is 12.2. The minimum Gasteiger partial charge on any atom is -0.494 e. The lowest BCUT2D eigenvalue weighted by atomic mass is 10.1. The molecule has 0 radical (unpaired) electrons. The van der Waals surface area contributed by atoms with E-state index in [0.29, 0.717) is 34.1 Å². The fourth-order valence-electron chi connectivity index (χ4n) is 4.12. The molecule has 2 N–H and O–H groups in total. The number of nitrogens with zero attached hydrogens (tertiary/aromatic N) is 7. The van der Waals surface area contributed by atoms with E-state index in [0.717, 1.165) is 29.7 Å². The molecule has 11 heteroatoms. The number of aromatic nitrogens is 4. The third-order valence-corrected chi connectivity index (χ3v) is 6.19. The highest BCUT2D eigenvalue weighted by molar-refractivity contribution is 6.02. The average molecular weight is 526 g/mol. The Hall–Kier alpha value is -4.95. The molecule has 11 nitrogen and oxygen atoms in total. The second-order valence-corrected chi connectivity index (χ2v) is 9.17. The van der Waals surface area contributed by atoms with Crippen molar-refractivity contribution in [1.29, 1.82) is 5.26 Å². The Morgan fingerprint density at radius 1 is 1.18 bits per heavy atom. The smallest absolute Gasteiger partial charge is 0.247 e. The number of nitriles is 1. The molecule has 0 atom stereocenters. The van der Waals surface area contributed by atoms with Gasteiger partial charge in [-0.25, -0.2) is 9.97 Å². The minimum absolute atomic E-state index is 0.242. The zero-order chi connectivity index (χ0) is 28.1. The van der Waals surface area contributed by atoms with Crippen LogP contribution in [0.5, 0.6) is 5.75 Å². The van der Waals surface area contributed by atoms with Gasteiger partial charge in [0.05, 0.1) is 41.4 Å². The van der Waals surface area contributed by atoms with Crippen LogP contribution in [-0.2, 0) is 11.8 Å². The lowest BCUT2D eigenvalue weighted by Crippen LogP contribution is -2.29. The molecule has 0 bridgehead atoms. The highest BCUT2D eigenvalue weighted by atomic mass is 16.5. The molecular weight excluding hydrogens is 494 g/mol. The van der Waals surface area contributed by atoms with E-state index in [2.05, 4.69) is 43.2 Å². The number of amides is 1. The lowest BCUT2D eigenvalue weighted by molar-refractivity contribution is -0.111. The summed E-state index contributed by atoms with van der Waals surface area (Å²) in [5.74, 6) is 0.426. The quantitative estimate of drug-likeness (QED) is 0.298. The van der Waals surface area contributed by atoms with E-state index in [-0.39, 0.29) is 11.9 Å². The van der Waals surface area contributed by atoms with Crippen molar-refractivity contribution in [3.8, 4) is 23.2 Å². The van der Waals surface area contributed by atoms with Crippen molar-refractivity contribution in [2.24, 2.45) is 7.05 Å². The summed E-state index contributed by atoms with van der Waals surface area (Å²) in [5.41, 5.74) is 4.08. The first-order chi connectivity index (χ1) is 18.7. The zero-order valence-electron chi connectivity index (χ0n) is 22.7. The molecule has 0 aliphatic rings. The standard InChI is InChI=1S/C28H31N9O2/c1-7-25(38)31-20-14-21(24(39-6)15-23(20)36(4)13-12-35(2)3)32-28-30-17-18(16-29)26(33-28)27-19-10-8-9-11-22(19)37(5)34-27/h7-11,14-15,17H,1,12-13H2,2-6H3,(H,31,38)(H,30,32,33). The molecule has 200 valence electrons. The number of para-hydroxylation sites is 1. The topological polar surface area (TPSA) is 124 Å². The van der Waals surface area contributed by atoms with E-state index < -0.39 is 0 Å². The average Bonchev–Trinajstić information content (AvgIpc) is 3.28. The van der Waals surface area contributed by atoms with Gasteiger partial charge in [-0.05, 0) is 32.3 Å². The molecule has 0 spiro atoms. The van der Waals surface area contributed by atoms with Crippen molar-refractivity contribution >= 4 is 39.8 Å². The summed E-state index contributed by atoms with van der Waals surface area (Å²) < 4.78 is 7.44. The number of aryl methyl sites for hydroxylation is 1. The number of fused-ring (bicyclic) bond motifs is 1. The van der Waals surface area contributed by atoms with Crippen LogP contribution >= 0.6 is 0 Å². The van der Waals surface area contributed by atoms with Crippen LogP contribution in [-0.4, -0.2) is 71.9 Å². The van der Waals surface area contributed by atoms with Crippen LogP contribution in [0, 0.1) is 11.3 Å². The number of anilines is 4. The highest BCUT2D eigenvalue weighted by Gasteiger charge is 2.19. The summed E-state index contributed by atoms with van der Waals surface area (Å²) >= 11 is 0. The van der Waals surface area contributed by atoms with Crippen LogP contribution in [0.15, 0.2) is 55.3 Å². The molecule has 0 saturated heterocycles. The van der Waals surface area contributed by atoms with Crippen molar-refractivity contribution in [2.75, 3.05) is 56.9 Å². The number of ether oxygens (including phenoxy) is 1. The molecule has 2 aromatic carbocycles. The minimum atomic E-state index is -0.340. The van der Waals surface area contributed by atoms with Gasteiger partial charge in [-0.15, -0.1) is 0 Å². The molecule has 0 aliphatic carbocycles. The second-order valence-electron chi connectivity index (χ2n) is 9.17. The number of carbonyl (C=O) groups is 1. The van der Waals surface area contributed by atoms with Crippen molar-refractivity contribution in [3.63, 3.8) is 0 Å². The summed E-state index contributed by atoms with van der Waals surface area (Å²) in [6.45, 7) is 5.11. The van der Waals surface area contributed by atoms with Crippen LogP contribution in [0.25, 0.3) is 22.3 Å². The molecule has 4 aromatic rings. The van der Waals surface area contributed by atoms with Gasteiger partial charge in [-0.3, -0.25) is 9.48 Å². The third-order valence-electron chi connectivity index (χ3n) is 6.19. The number of nitrogens with one attached hydrogen (secondary N) is 2. The second kappa shape index (κ2) is 11.6.